The Morgan fingerprint density at radius 1 is 1.29 bits per heavy atom. The second kappa shape index (κ2) is 7.22. The van der Waals surface area contributed by atoms with Gasteiger partial charge in [-0.1, -0.05) is 18.2 Å². The molecule has 1 aliphatic rings. The number of hydrogen-bond acceptors (Lipinski definition) is 3. The molecule has 2 amide bonds. The van der Waals surface area contributed by atoms with E-state index in [1.165, 1.54) is 4.90 Å². The fraction of sp³-hybridized carbons (Fsp3) is 0.500. The lowest BCUT2D eigenvalue weighted by atomic mass is 9.99. The first-order valence-electron chi connectivity index (χ1n) is 7.37. The Kier molecular flexibility index (Phi) is 5.33. The smallest absolute Gasteiger partial charge is 0.254 e. The zero-order valence-corrected chi connectivity index (χ0v) is 12.4. The van der Waals surface area contributed by atoms with Crippen molar-refractivity contribution in [1.29, 1.82) is 0 Å². The highest BCUT2D eigenvalue weighted by atomic mass is 16.3. The second-order valence-corrected chi connectivity index (χ2v) is 5.36. The molecule has 0 bridgehead atoms. The van der Waals surface area contributed by atoms with E-state index in [-0.39, 0.29) is 18.4 Å². The average molecular weight is 290 g/mol. The Hall–Kier alpha value is -1.88. The quantitative estimate of drug-likeness (QED) is 0.904. The molecule has 21 heavy (non-hydrogen) atoms. The topological polar surface area (TPSA) is 60.9 Å². The molecule has 0 aromatic heterocycles. The van der Waals surface area contributed by atoms with Crippen molar-refractivity contribution in [3.05, 3.63) is 35.9 Å². The van der Waals surface area contributed by atoms with E-state index in [4.69, 9.17) is 5.11 Å². The SMILES string of the molecule is CN(CCO)C(=O)C1CCCCN1C(=O)c1ccccc1. The number of hydrogen-bond donors (Lipinski definition) is 1. The number of piperidine rings is 1. The summed E-state index contributed by atoms with van der Waals surface area (Å²) in [6.45, 7) is 0.835. The van der Waals surface area contributed by atoms with Crippen LogP contribution in [0.4, 0.5) is 0 Å². The fourth-order valence-corrected chi connectivity index (χ4v) is 2.69. The van der Waals surface area contributed by atoms with Crippen molar-refractivity contribution in [3.63, 3.8) is 0 Å². The summed E-state index contributed by atoms with van der Waals surface area (Å²) in [6.07, 6.45) is 2.56. The zero-order chi connectivity index (χ0) is 15.2. The number of benzene rings is 1. The van der Waals surface area contributed by atoms with Gasteiger partial charge in [-0.05, 0) is 31.4 Å². The maximum Gasteiger partial charge on any atom is 0.254 e. The fourth-order valence-electron chi connectivity index (χ4n) is 2.69. The number of carbonyl (C=O) groups excluding carboxylic acids is 2. The molecule has 0 saturated carbocycles. The zero-order valence-electron chi connectivity index (χ0n) is 12.4. The summed E-state index contributed by atoms with van der Waals surface area (Å²) in [4.78, 5) is 28.2. The van der Waals surface area contributed by atoms with Crippen molar-refractivity contribution < 1.29 is 14.7 Å². The van der Waals surface area contributed by atoms with E-state index in [0.29, 0.717) is 25.1 Å². The van der Waals surface area contributed by atoms with Gasteiger partial charge in [-0.2, -0.15) is 0 Å². The monoisotopic (exact) mass is 290 g/mol. The van der Waals surface area contributed by atoms with Crippen LogP contribution >= 0.6 is 0 Å². The number of likely N-dealkylation sites (tertiary alicyclic amines) is 1. The number of nitrogens with zero attached hydrogens (tertiary/aromatic N) is 2. The van der Waals surface area contributed by atoms with Gasteiger partial charge in [0.05, 0.1) is 6.61 Å². The molecule has 1 fully saturated rings. The molecule has 0 aliphatic carbocycles. The molecule has 1 saturated heterocycles. The van der Waals surface area contributed by atoms with E-state index < -0.39 is 6.04 Å². The summed E-state index contributed by atoms with van der Waals surface area (Å²) < 4.78 is 0. The molecule has 1 aliphatic heterocycles. The maximum absolute atomic E-state index is 12.6. The second-order valence-electron chi connectivity index (χ2n) is 5.36. The van der Waals surface area contributed by atoms with Gasteiger partial charge in [-0.25, -0.2) is 0 Å². The van der Waals surface area contributed by atoms with Crippen LogP contribution in [0, 0.1) is 0 Å². The van der Waals surface area contributed by atoms with Gasteiger partial charge in [0.25, 0.3) is 5.91 Å². The summed E-state index contributed by atoms with van der Waals surface area (Å²) in [6, 6.07) is 8.65. The number of aliphatic hydroxyl groups is 1. The molecule has 0 spiro atoms. The van der Waals surface area contributed by atoms with Crippen molar-refractivity contribution >= 4 is 11.8 Å². The molecule has 1 aromatic rings. The number of aliphatic hydroxyl groups excluding tert-OH is 1. The van der Waals surface area contributed by atoms with Gasteiger partial charge in [0, 0.05) is 25.7 Å². The maximum atomic E-state index is 12.6. The van der Waals surface area contributed by atoms with E-state index in [9.17, 15) is 9.59 Å². The van der Waals surface area contributed by atoms with Gasteiger partial charge in [0.1, 0.15) is 6.04 Å². The summed E-state index contributed by atoms with van der Waals surface area (Å²) in [5, 5.41) is 8.96. The van der Waals surface area contributed by atoms with E-state index >= 15 is 0 Å². The Balaban J connectivity index is 2.15. The molecule has 1 atom stereocenters. The minimum absolute atomic E-state index is 0.0679. The molecule has 1 N–H and O–H groups in total. The predicted molar refractivity (Wildman–Crippen MR) is 79.8 cm³/mol. The van der Waals surface area contributed by atoms with Gasteiger partial charge in [0.2, 0.25) is 5.91 Å². The van der Waals surface area contributed by atoms with Crippen LogP contribution in [0.1, 0.15) is 29.6 Å². The van der Waals surface area contributed by atoms with E-state index in [0.717, 1.165) is 12.8 Å². The molecule has 2 rings (SSSR count). The first-order chi connectivity index (χ1) is 10.1. The Bertz CT molecular complexity index is 490. The normalized spacial score (nSPS) is 18.4. The molecular formula is C16H22N2O3. The van der Waals surface area contributed by atoms with E-state index in [1.54, 1.807) is 24.1 Å². The molecule has 1 heterocycles. The van der Waals surface area contributed by atoms with Crippen LogP contribution in [-0.2, 0) is 4.79 Å². The van der Waals surface area contributed by atoms with Crippen molar-refractivity contribution in [2.24, 2.45) is 0 Å². The predicted octanol–water partition coefficient (Wildman–Crippen LogP) is 1.13. The minimum Gasteiger partial charge on any atom is -0.395 e. The van der Waals surface area contributed by atoms with Crippen LogP contribution in [0.3, 0.4) is 0 Å². The molecule has 114 valence electrons. The van der Waals surface area contributed by atoms with Crippen LogP contribution in [0.15, 0.2) is 30.3 Å². The highest BCUT2D eigenvalue weighted by Gasteiger charge is 2.33. The summed E-state index contributed by atoms with van der Waals surface area (Å²) in [5.41, 5.74) is 0.613. The van der Waals surface area contributed by atoms with Crippen LogP contribution in [-0.4, -0.2) is 59.5 Å². The Labute approximate surface area is 125 Å². The van der Waals surface area contributed by atoms with Crippen LogP contribution in [0.5, 0.6) is 0 Å². The third kappa shape index (κ3) is 3.61. The van der Waals surface area contributed by atoms with Gasteiger partial charge in [-0.15, -0.1) is 0 Å². The van der Waals surface area contributed by atoms with Crippen LogP contribution < -0.4 is 0 Å². The summed E-state index contributed by atoms with van der Waals surface area (Å²) in [5.74, 6) is -0.181. The van der Waals surface area contributed by atoms with Gasteiger partial charge in [0.15, 0.2) is 0 Å². The van der Waals surface area contributed by atoms with Crippen LogP contribution in [0.25, 0.3) is 0 Å². The summed E-state index contributed by atoms with van der Waals surface area (Å²) in [7, 11) is 1.67. The average Bonchev–Trinajstić information content (AvgIpc) is 2.54. The van der Waals surface area contributed by atoms with Crippen molar-refractivity contribution in [2.75, 3.05) is 26.7 Å². The summed E-state index contributed by atoms with van der Waals surface area (Å²) >= 11 is 0. The Morgan fingerprint density at radius 2 is 2.00 bits per heavy atom. The lowest BCUT2D eigenvalue weighted by molar-refractivity contribution is -0.136. The third-order valence-electron chi connectivity index (χ3n) is 3.88. The standard InChI is InChI=1S/C16H22N2O3/c1-17(11-12-19)16(21)14-9-5-6-10-18(14)15(20)13-7-3-2-4-8-13/h2-4,7-8,14,19H,5-6,9-12H2,1H3. The van der Waals surface area contributed by atoms with Crippen molar-refractivity contribution in [1.82, 2.24) is 9.80 Å². The van der Waals surface area contributed by atoms with E-state index in [2.05, 4.69) is 0 Å². The number of carbonyl (C=O) groups is 2. The van der Waals surface area contributed by atoms with Crippen molar-refractivity contribution in [3.8, 4) is 0 Å². The van der Waals surface area contributed by atoms with Crippen molar-refractivity contribution in [2.45, 2.75) is 25.3 Å². The molecule has 0 radical (unpaired) electrons. The molecule has 1 aromatic carbocycles. The van der Waals surface area contributed by atoms with Gasteiger partial charge < -0.3 is 14.9 Å². The highest BCUT2D eigenvalue weighted by molar-refractivity contribution is 5.97. The third-order valence-corrected chi connectivity index (χ3v) is 3.88. The lowest BCUT2D eigenvalue weighted by Gasteiger charge is -2.36. The Morgan fingerprint density at radius 3 is 2.67 bits per heavy atom. The van der Waals surface area contributed by atoms with Gasteiger partial charge in [-0.3, -0.25) is 9.59 Å². The molecule has 1 unspecified atom stereocenters. The number of likely N-dealkylation sites (N-methyl/N-ethyl adjacent to an activating group) is 1. The van der Waals surface area contributed by atoms with Crippen LogP contribution in [0.2, 0.25) is 0 Å². The van der Waals surface area contributed by atoms with Gasteiger partial charge >= 0.3 is 0 Å². The number of amides is 2. The first kappa shape index (κ1) is 15.5. The minimum atomic E-state index is -0.414. The van der Waals surface area contributed by atoms with E-state index in [1.807, 2.05) is 18.2 Å². The molecular weight excluding hydrogens is 268 g/mol. The first-order valence-corrected chi connectivity index (χ1v) is 7.37. The lowest BCUT2D eigenvalue weighted by Crippen LogP contribution is -2.52. The largest absolute Gasteiger partial charge is 0.395 e. The molecule has 5 heteroatoms. The molecule has 5 nitrogen and oxygen atoms in total. The highest BCUT2D eigenvalue weighted by Crippen LogP contribution is 2.21. The number of rotatable bonds is 4.